The molecule has 0 saturated heterocycles. The lowest BCUT2D eigenvalue weighted by atomic mass is 9.90. The van der Waals surface area contributed by atoms with Gasteiger partial charge in [-0.25, -0.2) is 4.68 Å². The van der Waals surface area contributed by atoms with E-state index in [1.165, 1.54) is 0 Å². The van der Waals surface area contributed by atoms with Crippen LogP contribution in [0, 0.1) is 0 Å². The van der Waals surface area contributed by atoms with E-state index >= 15 is 0 Å². The summed E-state index contributed by atoms with van der Waals surface area (Å²) in [6, 6.07) is 7.23. The van der Waals surface area contributed by atoms with E-state index in [0.29, 0.717) is 12.2 Å². The van der Waals surface area contributed by atoms with Crippen LogP contribution < -0.4 is 11.1 Å². The van der Waals surface area contributed by atoms with Crippen LogP contribution in [0.1, 0.15) is 32.9 Å². The zero-order chi connectivity index (χ0) is 15.5. The average molecular weight is 288 g/mol. The Morgan fingerprint density at radius 2 is 2.00 bits per heavy atom. The van der Waals surface area contributed by atoms with Gasteiger partial charge in [0.2, 0.25) is 0 Å². The average Bonchev–Trinajstić information content (AvgIpc) is 2.83. The molecule has 0 unspecified atom stereocenters. The summed E-state index contributed by atoms with van der Waals surface area (Å²) in [6.07, 6.45) is 2.72. The van der Waals surface area contributed by atoms with Gasteiger partial charge >= 0.3 is 0 Å². The number of nitrogens with zero attached hydrogens (tertiary/aromatic N) is 2. The smallest absolute Gasteiger partial charge is 0.141 e. The van der Waals surface area contributed by atoms with Gasteiger partial charge in [0.1, 0.15) is 11.4 Å². The minimum absolute atomic E-state index is 0.107. The normalized spacial score (nSPS) is 11.6. The fraction of sp³-hybridized carbons (Fsp3) is 0.438. The topological polar surface area (TPSA) is 76.1 Å². The molecule has 21 heavy (non-hydrogen) atoms. The maximum Gasteiger partial charge on any atom is 0.141 e. The molecule has 5 nitrogen and oxygen atoms in total. The molecule has 0 amide bonds. The van der Waals surface area contributed by atoms with Crippen LogP contribution in [0.25, 0.3) is 5.69 Å². The SMILES string of the molecule is CC(C)(C)c1c(NCCCN)cnn1-c1ccccc1O. The summed E-state index contributed by atoms with van der Waals surface area (Å²) >= 11 is 0. The van der Waals surface area contributed by atoms with E-state index in [2.05, 4.69) is 31.2 Å². The second kappa shape index (κ2) is 6.18. The van der Waals surface area contributed by atoms with Crippen LogP contribution in [-0.2, 0) is 5.41 Å². The van der Waals surface area contributed by atoms with Crippen molar-refractivity contribution in [1.82, 2.24) is 9.78 Å². The van der Waals surface area contributed by atoms with Crippen LogP contribution in [0.2, 0.25) is 0 Å². The number of hydrogen-bond donors (Lipinski definition) is 3. The summed E-state index contributed by atoms with van der Waals surface area (Å²) < 4.78 is 1.81. The van der Waals surface area contributed by atoms with E-state index in [-0.39, 0.29) is 11.2 Å². The maximum atomic E-state index is 10.1. The highest BCUT2D eigenvalue weighted by molar-refractivity contribution is 5.55. The first-order valence-corrected chi connectivity index (χ1v) is 7.26. The number of rotatable bonds is 5. The summed E-state index contributed by atoms with van der Waals surface area (Å²) in [4.78, 5) is 0. The van der Waals surface area contributed by atoms with Gasteiger partial charge in [0.05, 0.1) is 17.6 Å². The number of para-hydroxylation sites is 2. The fourth-order valence-corrected chi connectivity index (χ4v) is 2.35. The molecule has 1 heterocycles. The highest BCUT2D eigenvalue weighted by Gasteiger charge is 2.25. The lowest BCUT2D eigenvalue weighted by Crippen LogP contribution is -2.20. The Morgan fingerprint density at radius 1 is 1.29 bits per heavy atom. The van der Waals surface area contributed by atoms with Crippen molar-refractivity contribution in [2.24, 2.45) is 5.73 Å². The number of aromatic nitrogens is 2. The Kier molecular flexibility index (Phi) is 4.53. The largest absolute Gasteiger partial charge is 0.506 e. The molecule has 0 aliphatic heterocycles. The van der Waals surface area contributed by atoms with Crippen molar-refractivity contribution >= 4 is 5.69 Å². The standard InChI is InChI=1S/C16H24N4O/c1-16(2,3)15-12(18-10-6-9-17)11-19-20(15)13-7-4-5-8-14(13)21/h4-5,7-8,11,18,21H,6,9-10,17H2,1-3H3. The fourth-order valence-electron chi connectivity index (χ4n) is 2.35. The van der Waals surface area contributed by atoms with Gasteiger partial charge in [0.25, 0.3) is 0 Å². The lowest BCUT2D eigenvalue weighted by Gasteiger charge is -2.23. The number of phenols is 1. The Hall–Kier alpha value is -2.01. The third-order valence-corrected chi connectivity index (χ3v) is 3.29. The van der Waals surface area contributed by atoms with Gasteiger partial charge in [-0.15, -0.1) is 0 Å². The molecule has 0 atom stereocenters. The minimum atomic E-state index is -0.107. The van der Waals surface area contributed by atoms with Gasteiger partial charge in [-0.3, -0.25) is 0 Å². The predicted octanol–water partition coefficient (Wildman–Crippen LogP) is 2.64. The van der Waals surface area contributed by atoms with E-state index in [4.69, 9.17) is 5.73 Å². The first kappa shape index (κ1) is 15.4. The second-order valence-corrected chi connectivity index (χ2v) is 6.13. The van der Waals surface area contributed by atoms with Crippen LogP contribution >= 0.6 is 0 Å². The van der Waals surface area contributed by atoms with Crippen LogP contribution in [0.5, 0.6) is 5.75 Å². The van der Waals surface area contributed by atoms with Crippen molar-refractivity contribution in [2.45, 2.75) is 32.6 Å². The number of benzene rings is 1. The van der Waals surface area contributed by atoms with Crippen molar-refractivity contribution in [1.29, 1.82) is 0 Å². The zero-order valence-corrected chi connectivity index (χ0v) is 12.9. The maximum absolute atomic E-state index is 10.1. The van der Waals surface area contributed by atoms with Gasteiger partial charge in [0, 0.05) is 12.0 Å². The van der Waals surface area contributed by atoms with E-state index in [0.717, 1.165) is 24.3 Å². The number of phenolic OH excluding ortho intramolecular Hbond substituents is 1. The molecule has 0 bridgehead atoms. The zero-order valence-electron chi connectivity index (χ0n) is 12.9. The Labute approximate surface area is 125 Å². The molecular formula is C16H24N4O. The molecule has 4 N–H and O–H groups in total. The third kappa shape index (κ3) is 3.36. The highest BCUT2D eigenvalue weighted by atomic mass is 16.3. The van der Waals surface area contributed by atoms with Crippen molar-refractivity contribution in [3.05, 3.63) is 36.2 Å². The van der Waals surface area contributed by atoms with Crippen molar-refractivity contribution in [3.8, 4) is 11.4 Å². The number of aromatic hydroxyl groups is 1. The van der Waals surface area contributed by atoms with Crippen molar-refractivity contribution in [3.63, 3.8) is 0 Å². The monoisotopic (exact) mass is 288 g/mol. The molecule has 0 aliphatic carbocycles. The summed E-state index contributed by atoms with van der Waals surface area (Å²) in [7, 11) is 0. The molecular weight excluding hydrogens is 264 g/mol. The second-order valence-electron chi connectivity index (χ2n) is 6.13. The molecule has 114 valence electrons. The summed E-state index contributed by atoms with van der Waals surface area (Å²) in [6.45, 7) is 7.87. The number of nitrogens with one attached hydrogen (secondary N) is 1. The van der Waals surface area contributed by atoms with Gasteiger partial charge in [-0.2, -0.15) is 5.10 Å². The Balaban J connectivity index is 2.45. The molecule has 1 aromatic heterocycles. The lowest BCUT2D eigenvalue weighted by molar-refractivity contribution is 0.465. The molecule has 2 rings (SSSR count). The summed E-state index contributed by atoms with van der Waals surface area (Å²) in [5.41, 5.74) is 8.15. The highest BCUT2D eigenvalue weighted by Crippen LogP contribution is 2.33. The minimum Gasteiger partial charge on any atom is -0.506 e. The number of anilines is 1. The van der Waals surface area contributed by atoms with Crippen LogP contribution in [0.3, 0.4) is 0 Å². The molecule has 0 radical (unpaired) electrons. The first-order valence-electron chi connectivity index (χ1n) is 7.26. The van der Waals surface area contributed by atoms with E-state index < -0.39 is 0 Å². The van der Waals surface area contributed by atoms with E-state index in [1.807, 2.05) is 18.3 Å². The van der Waals surface area contributed by atoms with Crippen molar-refractivity contribution < 1.29 is 5.11 Å². The van der Waals surface area contributed by atoms with Gasteiger partial charge < -0.3 is 16.2 Å². The van der Waals surface area contributed by atoms with Gasteiger partial charge in [-0.1, -0.05) is 32.9 Å². The molecule has 0 aliphatic rings. The Bertz CT molecular complexity index is 599. The van der Waals surface area contributed by atoms with Gasteiger partial charge in [-0.05, 0) is 25.1 Å². The van der Waals surface area contributed by atoms with E-state index in [1.54, 1.807) is 16.8 Å². The van der Waals surface area contributed by atoms with Crippen LogP contribution in [0.4, 0.5) is 5.69 Å². The predicted molar refractivity (Wildman–Crippen MR) is 86.1 cm³/mol. The Morgan fingerprint density at radius 3 is 2.62 bits per heavy atom. The number of hydrogen-bond acceptors (Lipinski definition) is 4. The summed E-state index contributed by atoms with van der Waals surface area (Å²) in [5, 5.41) is 17.9. The number of nitrogens with two attached hydrogens (primary N) is 1. The quantitative estimate of drug-likeness (QED) is 0.739. The first-order chi connectivity index (χ1) is 9.95. The molecule has 1 aromatic carbocycles. The van der Waals surface area contributed by atoms with E-state index in [9.17, 15) is 5.11 Å². The van der Waals surface area contributed by atoms with Gasteiger partial charge in [0.15, 0.2) is 0 Å². The molecule has 0 saturated carbocycles. The molecule has 0 spiro atoms. The van der Waals surface area contributed by atoms with Crippen LogP contribution in [-0.4, -0.2) is 28.0 Å². The summed E-state index contributed by atoms with van der Waals surface area (Å²) in [5.74, 6) is 0.222. The third-order valence-electron chi connectivity index (χ3n) is 3.29. The molecule has 5 heteroatoms. The van der Waals surface area contributed by atoms with Crippen molar-refractivity contribution in [2.75, 3.05) is 18.4 Å². The molecule has 0 fully saturated rings. The van der Waals surface area contributed by atoms with Crippen LogP contribution in [0.15, 0.2) is 30.5 Å². The molecule has 2 aromatic rings.